The van der Waals surface area contributed by atoms with Crippen molar-refractivity contribution in [3.05, 3.63) is 34.7 Å². The van der Waals surface area contributed by atoms with Gasteiger partial charge in [0.1, 0.15) is 5.65 Å². The molecule has 3 heteroatoms. The van der Waals surface area contributed by atoms with Crippen molar-refractivity contribution in [3.63, 3.8) is 0 Å². The molecule has 0 fully saturated rings. The lowest BCUT2D eigenvalue weighted by Gasteiger charge is -1.98. The molecule has 0 radical (unpaired) electrons. The molecule has 2 aromatic rings. The maximum Gasteiger partial charge on any atom is 0.136 e. The fourth-order valence-corrected chi connectivity index (χ4v) is 1.34. The Morgan fingerprint density at radius 2 is 2.36 bits per heavy atom. The molecule has 2 rings (SSSR count). The summed E-state index contributed by atoms with van der Waals surface area (Å²) < 4.78 is 3.03. The standard InChI is InChI=1S/C8H7BrN2/c1-6-7(9)5-11-4-2-3-8(11)10-6/h2-5H,1H3. The van der Waals surface area contributed by atoms with E-state index in [1.165, 1.54) is 0 Å². The van der Waals surface area contributed by atoms with E-state index >= 15 is 0 Å². The minimum absolute atomic E-state index is 0.991. The zero-order valence-electron chi connectivity index (χ0n) is 6.08. The van der Waals surface area contributed by atoms with Crippen LogP contribution in [-0.4, -0.2) is 9.38 Å². The van der Waals surface area contributed by atoms with Crippen molar-refractivity contribution < 1.29 is 0 Å². The van der Waals surface area contributed by atoms with Crippen LogP contribution >= 0.6 is 15.9 Å². The van der Waals surface area contributed by atoms with E-state index in [9.17, 15) is 0 Å². The molecule has 0 aliphatic rings. The van der Waals surface area contributed by atoms with Crippen molar-refractivity contribution in [2.45, 2.75) is 6.92 Å². The van der Waals surface area contributed by atoms with Crippen molar-refractivity contribution in [2.24, 2.45) is 0 Å². The molecule has 0 bridgehead atoms. The lowest BCUT2D eigenvalue weighted by atomic mass is 10.4. The van der Waals surface area contributed by atoms with Crippen LogP contribution < -0.4 is 0 Å². The molecule has 0 atom stereocenters. The molecule has 0 saturated carbocycles. The molecular formula is C8H7BrN2. The molecule has 0 spiro atoms. The molecule has 0 N–H and O–H groups in total. The summed E-state index contributed by atoms with van der Waals surface area (Å²) in [4.78, 5) is 4.35. The Morgan fingerprint density at radius 3 is 3.18 bits per heavy atom. The Labute approximate surface area is 73.0 Å². The Balaban J connectivity index is 2.86. The minimum atomic E-state index is 0.991. The van der Waals surface area contributed by atoms with Gasteiger partial charge in [-0.25, -0.2) is 4.98 Å². The van der Waals surface area contributed by atoms with Crippen LogP contribution in [0.5, 0.6) is 0 Å². The average Bonchev–Trinajstić information content (AvgIpc) is 2.36. The van der Waals surface area contributed by atoms with Gasteiger partial charge in [-0.2, -0.15) is 0 Å². The van der Waals surface area contributed by atoms with E-state index in [2.05, 4.69) is 20.9 Å². The maximum atomic E-state index is 4.35. The smallest absolute Gasteiger partial charge is 0.136 e. The second kappa shape index (κ2) is 2.34. The topological polar surface area (TPSA) is 17.3 Å². The van der Waals surface area contributed by atoms with Crippen LogP contribution in [0.15, 0.2) is 29.0 Å². The highest BCUT2D eigenvalue weighted by Crippen LogP contribution is 2.14. The minimum Gasteiger partial charge on any atom is -0.307 e. The summed E-state index contributed by atoms with van der Waals surface area (Å²) in [5.74, 6) is 0. The van der Waals surface area contributed by atoms with Crippen LogP contribution in [0.2, 0.25) is 0 Å². The Morgan fingerprint density at radius 1 is 1.55 bits per heavy atom. The fourth-order valence-electron chi connectivity index (χ4n) is 1.03. The molecule has 56 valence electrons. The molecule has 11 heavy (non-hydrogen) atoms. The van der Waals surface area contributed by atoms with Gasteiger partial charge in [0, 0.05) is 12.4 Å². The first-order valence-corrected chi connectivity index (χ1v) is 4.16. The largest absolute Gasteiger partial charge is 0.307 e. The van der Waals surface area contributed by atoms with E-state index in [4.69, 9.17) is 0 Å². The van der Waals surface area contributed by atoms with Crippen molar-refractivity contribution in [1.29, 1.82) is 0 Å². The summed E-state index contributed by atoms with van der Waals surface area (Å²) in [7, 11) is 0. The highest BCUT2D eigenvalue weighted by molar-refractivity contribution is 9.10. The first kappa shape index (κ1) is 6.85. The van der Waals surface area contributed by atoms with Crippen LogP contribution in [0.3, 0.4) is 0 Å². The maximum absolute atomic E-state index is 4.35. The van der Waals surface area contributed by atoms with Crippen molar-refractivity contribution in [1.82, 2.24) is 9.38 Å². The molecular weight excluding hydrogens is 204 g/mol. The number of aromatic nitrogens is 2. The van der Waals surface area contributed by atoms with E-state index in [0.29, 0.717) is 0 Å². The summed E-state index contributed by atoms with van der Waals surface area (Å²) in [6.45, 7) is 1.98. The number of hydrogen-bond acceptors (Lipinski definition) is 1. The Kier molecular flexibility index (Phi) is 1.46. The molecule has 2 aromatic heterocycles. The van der Waals surface area contributed by atoms with E-state index < -0.39 is 0 Å². The predicted molar refractivity (Wildman–Crippen MR) is 47.6 cm³/mol. The van der Waals surface area contributed by atoms with Crippen molar-refractivity contribution in [3.8, 4) is 0 Å². The number of nitrogens with zero attached hydrogens (tertiary/aromatic N) is 2. The lowest BCUT2D eigenvalue weighted by molar-refractivity contribution is 1.07. The number of rotatable bonds is 0. The van der Waals surface area contributed by atoms with Gasteiger partial charge >= 0.3 is 0 Å². The predicted octanol–water partition coefficient (Wildman–Crippen LogP) is 2.41. The molecule has 0 unspecified atom stereocenters. The average molecular weight is 211 g/mol. The van der Waals surface area contributed by atoms with Gasteiger partial charge in [0.25, 0.3) is 0 Å². The van der Waals surface area contributed by atoms with Gasteiger partial charge in [-0.15, -0.1) is 0 Å². The highest BCUT2D eigenvalue weighted by Gasteiger charge is 1.97. The molecule has 0 amide bonds. The summed E-state index contributed by atoms with van der Waals surface area (Å²) in [5.41, 5.74) is 2.02. The summed E-state index contributed by atoms with van der Waals surface area (Å²) in [5, 5.41) is 0. The van der Waals surface area contributed by atoms with Gasteiger partial charge in [-0.3, -0.25) is 0 Å². The molecule has 0 aliphatic carbocycles. The normalized spacial score (nSPS) is 10.7. The molecule has 0 aliphatic heterocycles. The SMILES string of the molecule is Cc1nc2cccn2cc1Br. The second-order valence-corrected chi connectivity index (χ2v) is 3.30. The molecule has 2 nitrogen and oxygen atoms in total. The third kappa shape index (κ3) is 1.05. The van der Waals surface area contributed by atoms with E-state index in [-0.39, 0.29) is 0 Å². The van der Waals surface area contributed by atoms with E-state index in [1.54, 1.807) is 0 Å². The lowest BCUT2D eigenvalue weighted by Crippen LogP contribution is -1.89. The third-order valence-corrected chi connectivity index (χ3v) is 2.42. The molecule has 0 saturated heterocycles. The number of hydrogen-bond donors (Lipinski definition) is 0. The van der Waals surface area contributed by atoms with Gasteiger partial charge in [-0.1, -0.05) is 0 Å². The number of halogens is 1. The number of aryl methyl sites for hydroxylation is 1. The zero-order chi connectivity index (χ0) is 7.84. The second-order valence-electron chi connectivity index (χ2n) is 2.45. The van der Waals surface area contributed by atoms with Gasteiger partial charge in [-0.05, 0) is 35.0 Å². The van der Waals surface area contributed by atoms with Crippen LogP contribution in [0.1, 0.15) is 5.69 Å². The van der Waals surface area contributed by atoms with Crippen molar-refractivity contribution >= 4 is 21.6 Å². The number of fused-ring (bicyclic) bond motifs is 1. The Bertz CT molecular complexity index is 356. The van der Waals surface area contributed by atoms with Gasteiger partial charge in [0.2, 0.25) is 0 Å². The monoisotopic (exact) mass is 210 g/mol. The van der Waals surface area contributed by atoms with Gasteiger partial charge < -0.3 is 4.40 Å². The van der Waals surface area contributed by atoms with Gasteiger partial charge in [0.05, 0.1) is 10.2 Å². The third-order valence-electron chi connectivity index (χ3n) is 1.64. The fraction of sp³-hybridized carbons (Fsp3) is 0.125. The van der Waals surface area contributed by atoms with Gasteiger partial charge in [0.15, 0.2) is 0 Å². The van der Waals surface area contributed by atoms with E-state index in [1.807, 2.05) is 35.9 Å². The molecule has 2 heterocycles. The zero-order valence-corrected chi connectivity index (χ0v) is 7.67. The van der Waals surface area contributed by atoms with Crippen LogP contribution in [-0.2, 0) is 0 Å². The van der Waals surface area contributed by atoms with Crippen LogP contribution in [0.4, 0.5) is 0 Å². The first-order chi connectivity index (χ1) is 5.27. The Hall–Kier alpha value is -0.830. The van der Waals surface area contributed by atoms with Crippen LogP contribution in [0.25, 0.3) is 5.65 Å². The molecule has 0 aromatic carbocycles. The van der Waals surface area contributed by atoms with Crippen molar-refractivity contribution in [2.75, 3.05) is 0 Å². The van der Waals surface area contributed by atoms with E-state index in [0.717, 1.165) is 15.8 Å². The quantitative estimate of drug-likeness (QED) is 0.653. The highest BCUT2D eigenvalue weighted by atomic mass is 79.9. The van der Waals surface area contributed by atoms with Crippen LogP contribution in [0, 0.1) is 6.92 Å². The first-order valence-electron chi connectivity index (χ1n) is 3.37. The summed E-state index contributed by atoms with van der Waals surface area (Å²) >= 11 is 3.42. The summed E-state index contributed by atoms with van der Waals surface area (Å²) in [6, 6.07) is 3.97. The summed E-state index contributed by atoms with van der Waals surface area (Å²) in [6.07, 6.45) is 3.99.